The summed E-state index contributed by atoms with van der Waals surface area (Å²) in [6.45, 7) is 5.43. The van der Waals surface area contributed by atoms with Gasteiger partial charge in [0.05, 0.1) is 14.2 Å². The van der Waals surface area contributed by atoms with E-state index in [0.29, 0.717) is 5.69 Å². The Hall–Kier alpha value is -3.23. The lowest BCUT2D eigenvalue weighted by Crippen LogP contribution is -2.24. The van der Waals surface area contributed by atoms with Crippen LogP contribution in [0.5, 0.6) is 0 Å². The molecule has 0 aliphatic rings. The molecule has 2 rings (SSSR count). The molecule has 9 heteroatoms. The minimum atomic E-state index is -0.845. The molecule has 1 N–H and O–H groups in total. The monoisotopic (exact) mass is 360 g/mol. The lowest BCUT2D eigenvalue weighted by atomic mass is 10.1. The van der Waals surface area contributed by atoms with Crippen molar-refractivity contribution in [2.75, 3.05) is 19.5 Å². The fourth-order valence-electron chi connectivity index (χ4n) is 2.65. The summed E-state index contributed by atoms with van der Waals surface area (Å²) in [6, 6.07) is 3.90. The second-order valence-electron chi connectivity index (χ2n) is 5.75. The Morgan fingerprint density at radius 3 is 2.15 bits per heavy atom. The number of hydrogen-bond acceptors (Lipinski definition) is 7. The first-order valence-corrected chi connectivity index (χ1v) is 7.76. The number of aromatic nitrogens is 3. The standard InChI is InChI=1S/C17H20N4O5/c1-9-6-10(2)13(11(3)7-9)18-12(22)8-21-15(17(24)26-5)14(19-20-21)16(23)25-4/h6-7H,8H2,1-5H3,(H,18,22). The Morgan fingerprint density at radius 1 is 1.04 bits per heavy atom. The maximum Gasteiger partial charge on any atom is 0.361 e. The van der Waals surface area contributed by atoms with Gasteiger partial charge in [0, 0.05) is 5.69 Å². The molecule has 0 aliphatic heterocycles. The highest BCUT2D eigenvalue weighted by Crippen LogP contribution is 2.22. The van der Waals surface area contributed by atoms with Gasteiger partial charge in [-0.15, -0.1) is 5.10 Å². The van der Waals surface area contributed by atoms with Gasteiger partial charge in [0.25, 0.3) is 0 Å². The number of aryl methyl sites for hydroxylation is 3. The first kappa shape index (κ1) is 19.1. The highest BCUT2D eigenvalue weighted by molar-refractivity contribution is 6.01. The molecule has 0 spiro atoms. The molecule has 0 fully saturated rings. The fraction of sp³-hybridized carbons (Fsp3) is 0.353. The van der Waals surface area contributed by atoms with Gasteiger partial charge in [-0.1, -0.05) is 22.9 Å². The molecule has 0 bridgehead atoms. The van der Waals surface area contributed by atoms with Crippen molar-refractivity contribution in [1.29, 1.82) is 0 Å². The molecular weight excluding hydrogens is 340 g/mol. The zero-order valence-corrected chi connectivity index (χ0v) is 15.2. The number of methoxy groups -OCH3 is 2. The average molecular weight is 360 g/mol. The molecule has 0 unspecified atom stereocenters. The number of carbonyl (C=O) groups is 3. The number of hydrogen-bond donors (Lipinski definition) is 1. The Bertz CT molecular complexity index is 849. The van der Waals surface area contributed by atoms with E-state index >= 15 is 0 Å². The molecule has 138 valence electrons. The third-order valence-corrected chi connectivity index (χ3v) is 3.73. The zero-order chi connectivity index (χ0) is 19.4. The summed E-state index contributed by atoms with van der Waals surface area (Å²) in [5, 5.41) is 10.1. The van der Waals surface area contributed by atoms with Gasteiger partial charge in [-0.2, -0.15) is 0 Å². The molecule has 0 saturated heterocycles. The summed E-state index contributed by atoms with van der Waals surface area (Å²) in [4.78, 5) is 36.1. The number of esters is 2. The molecule has 0 radical (unpaired) electrons. The highest BCUT2D eigenvalue weighted by Gasteiger charge is 2.27. The van der Waals surface area contributed by atoms with Crippen LogP contribution in [-0.2, 0) is 20.8 Å². The van der Waals surface area contributed by atoms with Crippen molar-refractivity contribution in [3.8, 4) is 0 Å². The van der Waals surface area contributed by atoms with Crippen LogP contribution in [0.4, 0.5) is 5.69 Å². The van der Waals surface area contributed by atoms with Crippen LogP contribution in [0.1, 0.15) is 37.7 Å². The second kappa shape index (κ2) is 7.77. The van der Waals surface area contributed by atoms with Crippen LogP contribution in [0, 0.1) is 20.8 Å². The van der Waals surface area contributed by atoms with Gasteiger partial charge in [-0.05, 0) is 31.9 Å². The van der Waals surface area contributed by atoms with Gasteiger partial charge >= 0.3 is 11.9 Å². The number of amides is 1. The molecular formula is C17H20N4O5. The molecule has 0 atom stereocenters. The van der Waals surface area contributed by atoms with E-state index in [1.807, 2.05) is 32.9 Å². The molecule has 1 amide bonds. The summed E-state index contributed by atoms with van der Waals surface area (Å²) < 4.78 is 10.2. The highest BCUT2D eigenvalue weighted by atomic mass is 16.5. The zero-order valence-electron chi connectivity index (χ0n) is 15.2. The number of nitrogens with zero attached hydrogens (tertiary/aromatic N) is 3. The van der Waals surface area contributed by atoms with Crippen LogP contribution >= 0.6 is 0 Å². The first-order chi connectivity index (χ1) is 12.3. The molecule has 0 saturated carbocycles. The van der Waals surface area contributed by atoms with Crippen molar-refractivity contribution < 1.29 is 23.9 Å². The van der Waals surface area contributed by atoms with E-state index in [1.165, 1.54) is 0 Å². The summed E-state index contributed by atoms with van der Waals surface area (Å²) in [7, 11) is 2.30. The van der Waals surface area contributed by atoms with Crippen molar-refractivity contribution in [3.63, 3.8) is 0 Å². The maximum absolute atomic E-state index is 12.4. The Kier molecular flexibility index (Phi) is 5.71. The predicted octanol–water partition coefficient (Wildman–Crippen LogP) is 1.42. The van der Waals surface area contributed by atoms with E-state index in [9.17, 15) is 14.4 Å². The predicted molar refractivity (Wildman–Crippen MR) is 92.0 cm³/mol. The lowest BCUT2D eigenvalue weighted by Gasteiger charge is -2.13. The number of anilines is 1. The molecule has 26 heavy (non-hydrogen) atoms. The van der Waals surface area contributed by atoms with Crippen molar-refractivity contribution >= 4 is 23.5 Å². The molecule has 1 heterocycles. The number of benzene rings is 1. The van der Waals surface area contributed by atoms with Gasteiger partial charge in [0.2, 0.25) is 11.6 Å². The van der Waals surface area contributed by atoms with Crippen LogP contribution < -0.4 is 5.32 Å². The minimum Gasteiger partial charge on any atom is -0.464 e. The topological polar surface area (TPSA) is 112 Å². The number of nitrogens with one attached hydrogen (secondary N) is 1. The number of ether oxygens (including phenoxy) is 2. The summed E-state index contributed by atoms with van der Waals surface area (Å²) in [5.41, 5.74) is 3.05. The Labute approximate surface area is 150 Å². The van der Waals surface area contributed by atoms with Crippen molar-refractivity contribution in [2.24, 2.45) is 0 Å². The van der Waals surface area contributed by atoms with Crippen LogP contribution in [-0.4, -0.2) is 47.1 Å². The van der Waals surface area contributed by atoms with E-state index in [1.54, 1.807) is 0 Å². The SMILES string of the molecule is COC(=O)c1nnn(CC(=O)Nc2c(C)cc(C)cc2C)c1C(=O)OC. The molecule has 1 aromatic heterocycles. The maximum atomic E-state index is 12.4. The normalized spacial score (nSPS) is 10.3. The second-order valence-corrected chi connectivity index (χ2v) is 5.75. The van der Waals surface area contributed by atoms with E-state index in [4.69, 9.17) is 0 Å². The minimum absolute atomic E-state index is 0.244. The average Bonchev–Trinajstić information content (AvgIpc) is 3.00. The largest absolute Gasteiger partial charge is 0.464 e. The van der Waals surface area contributed by atoms with Gasteiger partial charge in [-0.3, -0.25) is 4.79 Å². The fourth-order valence-corrected chi connectivity index (χ4v) is 2.65. The van der Waals surface area contributed by atoms with Gasteiger partial charge < -0.3 is 14.8 Å². The van der Waals surface area contributed by atoms with Crippen LogP contribution in [0.2, 0.25) is 0 Å². The van der Waals surface area contributed by atoms with Gasteiger partial charge in [-0.25, -0.2) is 14.3 Å². The number of rotatable bonds is 5. The third kappa shape index (κ3) is 3.88. The van der Waals surface area contributed by atoms with Crippen LogP contribution in [0.15, 0.2) is 12.1 Å². The quantitative estimate of drug-likeness (QED) is 0.802. The van der Waals surface area contributed by atoms with E-state index in [2.05, 4.69) is 25.1 Å². The smallest absolute Gasteiger partial charge is 0.361 e. The lowest BCUT2D eigenvalue weighted by molar-refractivity contribution is -0.117. The first-order valence-electron chi connectivity index (χ1n) is 7.76. The van der Waals surface area contributed by atoms with Gasteiger partial charge in [0.15, 0.2) is 5.69 Å². The summed E-state index contributed by atoms with van der Waals surface area (Å²) >= 11 is 0. The van der Waals surface area contributed by atoms with Crippen LogP contribution in [0.3, 0.4) is 0 Å². The molecule has 0 aliphatic carbocycles. The van der Waals surface area contributed by atoms with Gasteiger partial charge in [0.1, 0.15) is 6.54 Å². The van der Waals surface area contributed by atoms with Crippen molar-refractivity contribution in [2.45, 2.75) is 27.3 Å². The summed E-state index contributed by atoms with van der Waals surface area (Å²) in [6.07, 6.45) is 0. The molecule has 9 nitrogen and oxygen atoms in total. The van der Waals surface area contributed by atoms with E-state index < -0.39 is 17.8 Å². The van der Waals surface area contributed by atoms with Crippen molar-refractivity contribution in [3.05, 3.63) is 40.2 Å². The Morgan fingerprint density at radius 2 is 1.62 bits per heavy atom. The summed E-state index contributed by atoms with van der Waals surface area (Å²) in [5.74, 6) is -2.11. The molecule has 2 aromatic rings. The third-order valence-electron chi connectivity index (χ3n) is 3.73. The van der Waals surface area contributed by atoms with Crippen LogP contribution in [0.25, 0.3) is 0 Å². The Balaban J connectivity index is 2.28. The van der Waals surface area contributed by atoms with Crippen molar-refractivity contribution in [1.82, 2.24) is 15.0 Å². The van der Waals surface area contributed by atoms with E-state index in [0.717, 1.165) is 35.6 Å². The molecule has 1 aromatic carbocycles. The van der Waals surface area contributed by atoms with E-state index in [-0.39, 0.29) is 17.9 Å². The number of carbonyl (C=O) groups excluding carboxylic acids is 3.